The maximum absolute atomic E-state index is 13.1. The first kappa shape index (κ1) is 13.8. The van der Waals surface area contributed by atoms with E-state index in [1.54, 1.807) is 6.07 Å². The fourth-order valence-electron chi connectivity index (χ4n) is 2.49. The normalized spacial score (nSPS) is 23.5. The summed E-state index contributed by atoms with van der Waals surface area (Å²) in [5.41, 5.74) is 0.881. The smallest absolute Gasteiger partial charge is 0.125 e. The average molecular weight is 272 g/mol. The van der Waals surface area contributed by atoms with Crippen molar-refractivity contribution >= 4 is 11.6 Å². The number of halogens is 2. The highest BCUT2D eigenvalue weighted by Gasteiger charge is 2.25. The molecule has 1 aromatic rings. The number of benzene rings is 1. The Bertz CT molecular complexity index is 379. The van der Waals surface area contributed by atoms with Crippen LogP contribution in [0.5, 0.6) is 0 Å². The van der Waals surface area contributed by atoms with Crippen molar-refractivity contribution in [3.8, 4) is 0 Å². The lowest BCUT2D eigenvalue weighted by Crippen LogP contribution is -2.27. The van der Waals surface area contributed by atoms with Gasteiger partial charge in [0.25, 0.3) is 0 Å². The van der Waals surface area contributed by atoms with Crippen LogP contribution in [0.3, 0.4) is 0 Å². The highest BCUT2D eigenvalue weighted by molar-refractivity contribution is 6.30. The maximum Gasteiger partial charge on any atom is 0.125 e. The van der Waals surface area contributed by atoms with Gasteiger partial charge in [-0.2, -0.15) is 0 Å². The van der Waals surface area contributed by atoms with E-state index in [0.717, 1.165) is 31.6 Å². The summed E-state index contributed by atoms with van der Waals surface area (Å²) in [6, 6.07) is 4.63. The molecule has 1 fully saturated rings. The van der Waals surface area contributed by atoms with E-state index >= 15 is 0 Å². The molecule has 0 bridgehead atoms. The summed E-state index contributed by atoms with van der Waals surface area (Å²) in [5, 5.41) is 3.80. The lowest BCUT2D eigenvalue weighted by Gasteiger charge is -2.17. The van der Waals surface area contributed by atoms with Crippen LogP contribution in [0.2, 0.25) is 5.02 Å². The molecule has 1 N–H and O–H groups in total. The molecule has 100 valence electrons. The van der Waals surface area contributed by atoms with E-state index in [0.29, 0.717) is 23.6 Å². The van der Waals surface area contributed by atoms with Gasteiger partial charge < -0.3 is 10.1 Å². The predicted molar refractivity (Wildman–Crippen MR) is 71.3 cm³/mol. The second-order valence-corrected chi connectivity index (χ2v) is 5.21. The number of nitrogens with one attached hydrogen (secondary N) is 1. The zero-order valence-corrected chi connectivity index (χ0v) is 11.3. The second-order valence-electron chi connectivity index (χ2n) is 4.77. The molecular weight excluding hydrogens is 253 g/mol. The zero-order valence-electron chi connectivity index (χ0n) is 10.6. The van der Waals surface area contributed by atoms with Crippen molar-refractivity contribution in [1.82, 2.24) is 5.32 Å². The van der Waals surface area contributed by atoms with Gasteiger partial charge in [0.2, 0.25) is 0 Å². The summed E-state index contributed by atoms with van der Waals surface area (Å²) in [6.45, 7) is 4.56. The molecule has 0 spiro atoms. The molecule has 1 aromatic carbocycles. The van der Waals surface area contributed by atoms with Crippen LogP contribution in [0.4, 0.5) is 4.39 Å². The van der Waals surface area contributed by atoms with Gasteiger partial charge in [0.15, 0.2) is 0 Å². The van der Waals surface area contributed by atoms with Crippen molar-refractivity contribution in [3.63, 3.8) is 0 Å². The van der Waals surface area contributed by atoms with E-state index in [9.17, 15) is 4.39 Å². The van der Waals surface area contributed by atoms with Gasteiger partial charge in [-0.25, -0.2) is 4.39 Å². The van der Waals surface area contributed by atoms with Gasteiger partial charge in [0.1, 0.15) is 5.82 Å². The molecule has 2 nitrogen and oxygen atoms in total. The van der Waals surface area contributed by atoms with E-state index in [-0.39, 0.29) is 5.82 Å². The molecule has 2 rings (SSSR count). The fraction of sp³-hybridized carbons (Fsp3) is 0.571. The first-order valence-corrected chi connectivity index (χ1v) is 6.84. The largest absolute Gasteiger partial charge is 0.378 e. The molecule has 0 aliphatic carbocycles. The standard InChI is InChI=1S/C14H19ClFNO/c1-2-14-11(3-4-18-14)9-17-8-10-5-12(15)7-13(16)6-10/h5-7,11,14,17H,2-4,8-9H2,1H3. The molecule has 0 amide bonds. The first-order valence-electron chi connectivity index (χ1n) is 6.46. The SMILES string of the molecule is CCC1OCCC1CNCc1cc(F)cc(Cl)c1. The summed E-state index contributed by atoms with van der Waals surface area (Å²) >= 11 is 5.81. The Morgan fingerprint density at radius 1 is 1.44 bits per heavy atom. The first-order chi connectivity index (χ1) is 8.69. The van der Waals surface area contributed by atoms with Crippen LogP contribution < -0.4 is 5.32 Å². The summed E-state index contributed by atoms with van der Waals surface area (Å²) in [4.78, 5) is 0. The molecule has 0 saturated carbocycles. The number of hydrogen-bond acceptors (Lipinski definition) is 2. The zero-order chi connectivity index (χ0) is 13.0. The molecule has 2 unspecified atom stereocenters. The number of hydrogen-bond donors (Lipinski definition) is 1. The molecule has 1 aliphatic rings. The molecule has 0 radical (unpaired) electrons. The van der Waals surface area contributed by atoms with E-state index < -0.39 is 0 Å². The van der Waals surface area contributed by atoms with Crippen molar-refractivity contribution in [2.24, 2.45) is 5.92 Å². The molecule has 18 heavy (non-hydrogen) atoms. The second kappa shape index (κ2) is 6.50. The monoisotopic (exact) mass is 271 g/mol. The van der Waals surface area contributed by atoms with E-state index in [2.05, 4.69) is 12.2 Å². The lowest BCUT2D eigenvalue weighted by molar-refractivity contribution is 0.0872. The fourth-order valence-corrected chi connectivity index (χ4v) is 2.74. The third-order valence-corrected chi connectivity index (χ3v) is 3.62. The molecule has 1 heterocycles. The molecule has 0 aromatic heterocycles. The number of rotatable bonds is 5. The van der Waals surface area contributed by atoms with Crippen molar-refractivity contribution in [2.75, 3.05) is 13.2 Å². The van der Waals surface area contributed by atoms with Crippen molar-refractivity contribution in [2.45, 2.75) is 32.4 Å². The molecule has 2 atom stereocenters. The molecule has 4 heteroatoms. The lowest BCUT2D eigenvalue weighted by atomic mass is 9.99. The number of ether oxygens (including phenoxy) is 1. The van der Waals surface area contributed by atoms with Crippen LogP contribution in [0.15, 0.2) is 18.2 Å². The topological polar surface area (TPSA) is 21.3 Å². The van der Waals surface area contributed by atoms with Crippen LogP contribution in [0, 0.1) is 11.7 Å². The van der Waals surface area contributed by atoms with Crippen LogP contribution >= 0.6 is 11.6 Å². The van der Waals surface area contributed by atoms with Crippen LogP contribution in [-0.4, -0.2) is 19.3 Å². The third kappa shape index (κ3) is 3.67. The van der Waals surface area contributed by atoms with Crippen LogP contribution in [-0.2, 0) is 11.3 Å². The molecule has 1 aliphatic heterocycles. The summed E-state index contributed by atoms with van der Waals surface area (Å²) < 4.78 is 18.8. The predicted octanol–water partition coefficient (Wildman–Crippen LogP) is 3.38. The van der Waals surface area contributed by atoms with Crippen molar-refractivity contribution in [1.29, 1.82) is 0 Å². The Morgan fingerprint density at radius 2 is 2.28 bits per heavy atom. The van der Waals surface area contributed by atoms with E-state index in [4.69, 9.17) is 16.3 Å². The van der Waals surface area contributed by atoms with Crippen LogP contribution in [0.1, 0.15) is 25.3 Å². The Kier molecular flexibility index (Phi) is 4.98. The Hall–Kier alpha value is -0.640. The minimum absolute atomic E-state index is 0.282. The summed E-state index contributed by atoms with van der Waals surface area (Å²) in [7, 11) is 0. The van der Waals surface area contributed by atoms with Crippen molar-refractivity contribution in [3.05, 3.63) is 34.6 Å². The van der Waals surface area contributed by atoms with Gasteiger partial charge in [0.05, 0.1) is 6.10 Å². The summed E-state index contributed by atoms with van der Waals surface area (Å²) in [5.74, 6) is 0.286. The van der Waals surface area contributed by atoms with Gasteiger partial charge in [-0.05, 0) is 42.5 Å². The minimum atomic E-state index is -0.282. The minimum Gasteiger partial charge on any atom is -0.378 e. The Labute approximate surface area is 112 Å². The molecule has 1 saturated heterocycles. The highest BCUT2D eigenvalue weighted by Crippen LogP contribution is 2.22. The Balaban J connectivity index is 1.81. The van der Waals surface area contributed by atoms with Gasteiger partial charge in [-0.1, -0.05) is 18.5 Å². The van der Waals surface area contributed by atoms with Crippen LogP contribution in [0.25, 0.3) is 0 Å². The van der Waals surface area contributed by atoms with E-state index in [1.165, 1.54) is 12.1 Å². The molecular formula is C14H19ClFNO. The van der Waals surface area contributed by atoms with Gasteiger partial charge >= 0.3 is 0 Å². The van der Waals surface area contributed by atoms with E-state index in [1.807, 2.05) is 0 Å². The summed E-state index contributed by atoms with van der Waals surface area (Å²) in [6.07, 6.45) is 2.53. The Morgan fingerprint density at radius 3 is 3.00 bits per heavy atom. The van der Waals surface area contributed by atoms with Crippen molar-refractivity contribution < 1.29 is 9.13 Å². The average Bonchev–Trinajstić information content (AvgIpc) is 2.75. The quantitative estimate of drug-likeness (QED) is 0.886. The third-order valence-electron chi connectivity index (χ3n) is 3.41. The highest BCUT2D eigenvalue weighted by atomic mass is 35.5. The van der Waals surface area contributed by atoms with Gasteiger partial charge in [0, 0.05) is 24.7 Å². The van der Waals surface area contributed by atoms with Gasteiger partial charge in [-0.3, -0.25) is 0 Å². The maximum atomic E-state index is 13.1. The van der Waals surface area contributed by atoms with Gasteiger partial charge in [-0.15, -0.1) is 0 Å².